The summed E-state index contributed by atoms with van der Waals surface area (Å²) in [5, 5.41) is 2.87. The van der Waals surface area contributed by atoms with Crippen LogP contribution in [0.15, 0.2) is 24.3 Å². The molecule has 0 aromatic heterocycles. The highest BCUT2D eigenvalue weighted by atomic mass is 16.5. The number of nitrogens with one attached hydrogen (secondary N) is 1. The number of hydrogen-bond acceptors (Lipinski definition) is 2. The first-order chi connectivity index (χ1) is 7.76. The lowest BCUT2D eigenvalue weighted by molar-refractivity contribution is -0.122. The Morgan fingerprint density at radius 1 is 1.44 bits per heavy atom. The lowest BCUT2D eigenvalue weighted by Crippen LogP contribution is -2.24. The van der Waals surface area contributed by atoms with Crippen LogP contribution in [0.4, 0.5) is 0 Å². The predicted molar refractivity (Wildman–Crippen MR) is 62.5 cm³/mol. The van der Waals surface area contributed by atoms with Crippen LogP contribution in [0.1, 0.15) is 24.8 Å². The smallest absolute Gasteiger partial charge is 0.223 e. The number of hydrogen-bond donors (Lipinski definition) is 1. The van der Waals surface area contributed by atoms with Gasteiger partial charge in [0.2, 0.25) is 5.91 Å². The van der Waals surface area contributed by atoms with Gasteiger partial charge in [0.1, 0.15) is 5.75 Å². The maximum Gasteiger partial charge on any atom is 0.223 e. The first-order valence-corrected chi connectivity index (χ1v) is 5.68. The fourth-order valence-corrected chi connectivity index (χ4v) is 2.01. The number of carbonyl (C=O) groups is 1. The van der Waals surface area contributed by atoms with Crippen molar-refractivity contribution < 1.29 is 9.53 Å². The van der Waals surface area contributed by atoms with Crippen molar-refractivity contribution in [2.75, 3.05) is 13.7 Å². The van der Waals surface area contributed by atoms with Crippen LogP contribution in [0, 0.1) is 5.92 Å². The largest absolute Gasteiger partial charge is 0.497 e. The van der Waals surface area contributed by atoms with E-state index in [-0.39, 0.29) is 11.8 Å². The summed E-state index contributed by atoms with van der Waals surface area (Å²) < 4.78 is 5.10. The van der Waals surface area contributed by atoms with Crippen molar-refractivity contribution >= 4 is 5.91 Å². The average Bonchev–Trinajstić information content (AvgIpc) is 3.09. The molecule has 0 heterocycles. The zero-order chi connectivity index (χ0) is 11.5. The van der Waals surface area contributed by atoms with Gasteiger partial charge in [0, 0.05) is 12.5 Å². The molecule has 1 fully saturated rings. The minimum Gasteiger partial charge on any atom is -0.497 e. The lowest BCUT2D eigenvalue weighted by atomic mass is 10.1. The number of rotatable bonds is 4. The molecular weight excluding hydrogens is 202 g/mol. The van der Waals surface area contributed by atoms with Crippen molar-refractivity contribution in [3.05, 3.63) is 29.8 Å². The van der Waals surface area contributed by atoms with Gasteiger partial charge in [-0.1, -0.05) is 12.1 Å². The molecule has 0 radical (unpaired) electrons. The Morgan fingerprint density at radius 2 is 2.12 bits per heavy atom. The number of carbonyl (C=O) groups excluding carboxylic acids is 1. The summed E-state index contributed by atoms with van der Waals surface area (Å²) in [5.41, 5.74) is 1.23. The molecular formula is C13H17NO2. The summed E-state index contributed by atoms with van der Waals surface area (Å²) in [7, 11) is 1.66. The van der Waals surface area contributed by atoms with E-state index in [9.17, 15) is 4.79 Å². The third-order valence-corrected chi connectivity index (χ3v) is 3.02. The van der Waals surface area contributed by atoms with E-state index < -0.39 is 0 Å². The van der Waals surface area contributed by atoms with Crippen LogP contribution in [-0.2, 0) is 4.79 Å². The van der Waals surface area contributed by atoms with Gasteiger partial charge in [0.25, 0.3) is 0 Å². The molecule has 2 unspecified atom stereocenters. The van der Waals surface area contributed by atoms with Crippen molar-refractivity contribution in [2.24, 2.45) is 5.92 Å². The van der Waals surface area contributed by atoms with Gasteiger partial charge < -0.3 is 10.1 Å². The normalized spacial score (nSPS) is 22.6. The molecule has 1 aliphatic carbocycles. The second-order valence-electron chi connectivity index (χ2n) is 4.12. The van der Waals surface area contributed by atoms with E-state index in [4.69, 9.17) is 4.74 Å². The zero-order valence-corrected chi connectivity index (χ0v) is 9.69. The van der Waals surface area contributed by atoms with Crippen LogP contribution >= 0.6 is 0 Å². The molecule has 1 aliphatic rings. The second kappa shape index (κ2) is 4.56. The van der Waals surface area contributed by atoms with E-state index in [2.05, 4.69) is 5.32 Å². The first kappa shape index (κ1) is 11.0. The molecule has 1 amide bonds. The Morgan fingerprint density at radius 3 is 2.69 bits per heavy atom. The van der Waals surface area contributed by atoms with Gasteiger partial charge in [0.05, 0.1) is 7.11 Å². The molecule has 3 heteroatoms. The molecule has 1 aromatic carbocycles. The summed E-state index contributed by atoms with van der Waals surface area (Å²) in [5.74, 6) is 1.62. The van der Waals surface area contributed by atoms with E-state index in [0.29, 0.717) is 12.5 Å². The fraction of sp³-hybridized carbons (Fsp3) is 0.462. The fourth-order valence-electron chi connectivity index (χ4n) is 2.01. The van der Waals surface area contributed by atoms with Crippen LogP contribution < -0.4 is 10.1 Å². The second-order valence-corrected chi connectivity index (χ2v) is 4.12. The van der Waals surface area contributed by atoms with Crippen molar-refractivity contribution in [3.63, 3.8) is 0 Å². The molecule has 86 valence electrons. The molecule has 2 rings (SSSR count). The van der Waals surface area contributed by atoms with Crippen LogP contribution in [0.25, 0.3) is 0 Å². The van der Waals surface area contributed by atoms with Gasteiger partial charge in [-0.15, -0.1) is 0 Å². The van der Waals surface area contributed by atoms with Gasteiger partial charge in [-0.3, -0.25) is 4.79 Å². The molecule has 0 spiro atoms. The van der Waals surface area contributed by atoms with Gasteiger partial charge >= 0.3 is 0 Å². The van der Waals surface area contributed by atoms with Crippen LogP contribution in [0.5, 0.6) is 5.75 Å². The highest BCUT2D eigenvalue weighted by Gasteiger charge is 2.43. The Labute approximate surface area is 95.8 Å². The minimum atomic E-state index is 0.174. The molecule has 1 N–H and O–H groups in total. The third-order valence-electron chi connectivity index (χ3n) is 3.02. The summed E-state index contributed by atoms with van der Waals surface area (Å²) in [6.45, 7) is 2.66. The molecule has 0 aliphatic heterocycles. The van der Waals surface area contributed by atoms with Gasteiger partial charge in [0.15, 0.2) is 0 Å². The molecule has 1 saturated carbocycles. The zero-order valence-electron chi connectivity index (χ0n) is 9.69. The molecule has 1 aromatic rings. The summed E-state index contributed by atoms with van der Waals surface area (Å²) in [6, 6.07) is 7.98. The maximum absolute atomic E-state index is 11.6. The van der Waals surface area contributed by atoms with Gasteiger partial charge in [-0.25, -0.2) is 0 Å². The molecule has 2 atom stereocenters. The third kappa shape index (κ3) is 2.18. The van der Waals surface area contributed by atoms with Crippen molar-refractivity contribution in [2.45, 2.75) is 19.3 Å². The van der Waals surface area contributed by atoms with Gasteiger partial charge in [-0.2, -0.15) is 0 Å². The van der Waals surface area contributed by atoms with E-state index in [1.54, 1.807) is 7.11 Å². The van der Waals surface area contributed by atoms with E-state index in [0.717, 1.165) is 12.2 Å². The monoisotopic (exact) mass is 219 g/mol. The topological polar surface area (TPSA) is 38.3 Å². The number of amides is 1. The summed E-state index contributed by atoms with van der Waals surface area (Å²) >= 11 is 0. The molecule has 16 heavy (non-hydrogen) atoms. The summed E-state index contributed by atoms with van der Waals surface area (Å²) in [4.78, 5) is 11.6. The predicted octanol–water partition coefficient (Wildman–Crippen LogP) is 1.93. The van der Waals surface area contributed by atoms with Crippen LogP contribution in [-0.4, -0.2) is 19.6 Å². The van der Waals surface area contributed by atoms with Gasteiger partial charge in [-0.05, 0) is 37.0 Å². The maximum atomic E-state index is 11.6. The Kier molecular flexibility index (Phi) is 3.13. The molecule has 3 nitrogen and oxygen atoms in total. The van der Waals surface area contributed by atoms with E-state index in [1.165, 1.54) is 5.56 Å². The standard InChI is InChI=1S/C13H17NO2/c1-3-14-13(15)12-8-11(12)9-4-6-10(16-2)7-5-9/h4-7,11-12H,3,8H2,1-2H3,(H,14,15). The number of methoxy groups -OCH3 is 1. The molecule has 0 saturated heterocycles. The average molecular weight is 219 g/mol. The van der Waals surface area contributed by atoms with Crippen LogP contribution in [0.3, 0.4) is 0 Å². The molecule has 0 bridgehead atoms. The minimum absolute atomic E-state index is 0.174. The van der Waals surface area contributed by atoms with E-state index >= 15 is 0 Å². The SMILES string of the molecule is CCNC(=O)C1CC1c1ccc(OC)cc1. The lowest BCUT2D eigenvalue weighted by Gasteiger charge is -2.03. The highest BCUT2D eigenvalue weighted by Crippen LogP contribution is 2.47. The quantitative estimate of drug-likeness (QED) is 0.840. The van der Waals surface area contributed by atoms with E-state index in [1.807, 2.05) is 31.2 Å². The number of ether oxygens (including phenoxy) is 1. The number of benzene rings is 1. The van der Waals surface area contributed by atoms with Crippen LogP contribution in [0.2, 0.25) is 0 Å². The Hall–Kier alpha value is -1.51. The van der Waals surface area contributed by atoms with Crippen molar-refractivity contribution in [3.8, 4) is 5.75 Å². The van der Waals surface area contributed by atoms with Crippen molar-refractivity contribution in [1.29, 1.82) is 0 Å². The van der Waals surface area contributed by atoms with Crippen molar-refractivity contribution in [1.82, 2.24) is 5.32 Å². The Bertz CT molecular complexity index is 372. The summed E-state index contributed by atoms with van der Waals surface area (Å²) in [6.07, 6.45) is 0.970. The highest BCUT2D eigenvalue weighted by molar-refractivity contribution is 5.82. The first-order valence-electron chi connectivity index (χ1n) is 5.68. The Balaban J connectivity index is 1.97.